The summed E-state index contributed by atoms with van der Waals surface area (Å²) >= 11 is 0. The number of carbonyl (C=O) groups is 3. The van der Waals surface area contributed by atoms with E-state index in [1.54, 1.807) is 19.1 Å². The van der Waals surface area contributed by atoms with E-state index in [2.05, 4.69) is 5.32 Å². The smallest absolute Gasteiger partial charge is 0.331 e. The Morgan fingerprint density at radius 1 is 1.23 bits per heavy atom. The molecule has 0 spiro atoms. The van der Waals surface area contributed by atoms with Gasteiger partial charge >= 0.3 is 11.9 Å². The third-order valence-corrected chi connectivity index (χ3v) is 3.15. The number of carbonyl (C=O) groups excluding carboxylic acids is 3. The van der Waals surface area contributed by atoms with Gasteiger partial charge in [0, 0.05) is 19.0 Å². The number of esters is 2. The Balaban J connectivity index is 2.29. The van der Waals surface area contributed by atoms with Gasteiger partial charge < -0.3 is 24.6 Å². The number of phenols is 1. The standard InChI is InChI=1S/C18H23NO7/c1-3-25-17(22)5-4-10-19-16(21)12-26-18(23)9-7-13-6-8-14(20)15(11-13)24-2/h6-9,11,20H,3-5,10,12H2,1-2H3,(H,19,21). The predicted molar refractivity (Wildman–Crippen MR) is 93.5 cm³/mol. The molecule has 0 saturated carbocycles. The lowest BCUT2D eigenvalue weighted by molar-refractivity contribution is -0.143. The number of hydrogen-bond donors (Lipinski definition) is 2. The van der Waals surface area contributed by atoms with Gasteiger partial charge in [0.15, 0.2) is 18.1 Å². The summed E-state index contributed by atoms with van der Waals surface area (Å²) in [5.74, 6) is -1.18. The number of aromatic hydroxyl groups is 1. The lowest BCUT2D eigenvalue weighted by atomic mass is 10.2. The van der Waals surface area contributed by atoms with Gasteiger partial charge in [-0.3, -0.25) is 9.59 Å². The molecule has 0 saturated heterocycles. The first-order valence-corrected chi connectivity index (χ1v) is 8.10. The average molecular weight is 365 g/mol. The third-order valence-electron chi connectivity index (χ3n) is 3.15. The molecule has 0 atom stereocenters. The van der Waals surface area contributed by atoms with Gasteiger partial charge in [-0.15, -0.1) is 0 Å². The summed E-state index contributed by atoms with van der Waals surface area (Å²) in [6, 6.07) is 4.58. The number of ether oxygens (including phenoxy) is 3. The van der Waals surface area contributed by atoms with Gasteiger partial charge in [-0.05, 0) is 37.1 Å². The minimum atomic E-state index is -0.682. The van der Waals surface area contributed by atoms with E-state index in [4.69, 9.17) is 14.2 Å². The van der Waals surface area contributed by atoms with Crippen LogP contribution in [0.1, 0.15) is 25.3 Å². The zero-order chi connectivity index (χ0) is 19.4. The van der Waals surface area contributed by atoms with Crippen LogP contribution >= 0.6 is 0 Å². The number of amides is 1. The van der Waals surface area contributed by atoms with Crippen LogP contribution in [0.5, 0.6) is 11.5 Å². The van der Waals surface area contributed by atoms with Gasteiger partial charge in [0.25, 0.3) is 5.91 Å². The van der Waals surface area contributed by atoms with Gasteiger partial charge in [0.05, 0.1) is 13.7 Å². The Labute approximate surface area is 151 Å². The zero-order valence-electron chi connectivity index (χ0n) is 14.8. The number of methoxy groups -OCH3 is 1. The molecule has 2 N–H and O–H groups in total. The second-order valence-electron chi connectivity index (χ2n) is 5.13. The molecule has 0 aliphatic heterocycles. The Morgan fingerprint density at radius 2 is 2.00 bits per heavy atom. The SMILES string of the molecule is CCOC(=O)CCCNC(=O)COC(=O)C=Cc1ccc(O)c(OC)c1. The van der Waals surface area contributed by atoms with Crippen molar-refractivity contribution in [3.8, 4) is 11.5 Å². The van der Waals surface area contributed by atoms with E-state index in [0.29, 0.717) is 25.1 Å². The van der Waals surface area contributed by atoms with E-state index in [1.165, 1.54) is 25.3 Å². The fourth-order valence-corrected chi connectivity index (χ4v) is 1.89. The molecule has 142 valence electrons. The van der Waals surface area contributed by atoms with Crippen molar-refractivity contribution in [2.75, 3.05) is 26.9 Å². The molecule has 0 radical (unpaired) electrons. The van der Waals surface area contributed by atoms with Crippen LogP contribution in [-0.2, 0) is 23.9 Å². The van der Waals surface area contributed by atoms with E-state index >= 15 is 0 Å². The number of rotatable bonds is 10. The van der Waals surface area contributed by atoms with Gasteiger partial charge in [-0.25, -0.2) is 4.79 Å². The molecular weight excluding hydrogens is 342 g/mol. The van der Waals surface area contributed by atoms with Crippen LogP contribution in [0.15, 0.2) is 24.3 Å². The molecule has 1 amide bonds. The van der Waals surface area contributed by atoms with Crippen molar-refractivity contribution in [1.82, 2.24) is 5.32 Å². The van der Waals surface area contributed by atoms with Crippen molar-refractivity contribution < 1.29 is 33.7 Å². The monoisotopic (exact) mass is 365 g/mol. The van der Waals surface area contributed by atoms with Crippen molar-refractivity contribution in [3.05, 3.63) is 29.8 Å². The molecule has 0 fully saturated rings. The van der Waals surface area contributed by atoms with Gasteiger partial charge in [-0.2, -0.15) is 0 Å². The fraction of sp³-hybridized carbons (Fsp3) is 0.389. The Kier molecular flexibility index (Phi) is 9.30. The Morgan fingerprint density at radius 3 is 2.69 bits per heavy atom. The van der Waals surface area contributed by atoms with Crippen LogP contribution in [0.3, 0.4) is 0 Å². The maximum Gasteiger partial charge on any atom is 0.331 e. The molecule has 26 heavy (non-hydrogen) atoms. The second-order valence-corrected chi connectivity index (χ2v) is 5.13. The molecule has 8 nitrogen and oxygen atoms in total. The molecule has 0 aromatic heterocycles. The maximum absolute atomic E-state index is 11.6. The van der Waals surface area contributed by atoms with E-state index in [9.17, 15) is 19.5 Å². The van der Waals surface area contributed by atoms with Crippen LogP contribution in [0, 0.1) is 0 Å². The highest BCUT2D eigenvalue weighted by Gasteiger charge is 2.06. The summed E-state index contributed by atoms with van der Waals surface area (Å²) in [6.07, 6.45) is 3.30. The number of nitrogens with one attached hydrogen (secondary N) is 1. The molecule has 0 aliphatic rings. The first-order valence-electron chi connectivity index (χ1n) is 8.10. The van der Waals surface area contributed by atoms with E-state index in [1.807, 2.05) is 0 Å². The highest BCUT2D eigenvalue weighted by Crippen LogP contribution is 2.26. The van der Waals surface area contributed by atoms with Gasteiger partial charge in [-0.1, -0.05) is 6.07 Å². The van der Waals surface area contributed by atoms with Crippen LogP contribution in [0.2, 0.25) is 0 Å². The highest BCUT2D eigenvalue weighted by atomic mass is 16.5. The predicted octanol–water partition coefficient (Wildman–Crippen LogP) is 1.42. The molecule has 0 heterocycles. The minimum Gasteiger partial charge on any atom is -0.504 e. The molecular formula is C18H23NO7. The first-order chi connectivity index (χ1) is 12.5. The highest BCUT2D eigenvalue weighted by molar-refractivity contribution is 5.89. The van der Waals surface area contributed by atoms with Gasteiger partial charge in [0.2, 0.25) is 0 Å². The number of benzene rings is 1. The number of hydrogen-bond acceptors (Lipinski definition) is 7. The van der Waals surface area contributed by atoms with E-state index < -0.39 is 18.5 Å². The third kappa shape index (κ3) is 8.18. The summed E-state index contributed by atoms with van der Waals surface area (Å²) in [5.41, 5.74) is 0.625. The van der Waals surface area contributed by atoms with Crippen molar-refractivity contribution in [2.24, 2.45) is 0 Å². The summed E-state index contributed by atoms with van der Waals surface area (Å²) in [6.45, 7) is 1.92. The zero-order valence-corrected chi connectivity index (χ0v) is 14.8. The topological polar surface area (TPSA) is 111 Å². The lowest BCUT2D eigenvalue weighted by Crippen LogP contribution is -2.29. The van der Waals surface area contributed by atoms with Crippen LogP contribution in [0.25, 0.3) is 6.08 Å². The largest absolute Gasteiger partial charge is 0.504 e. The minimum absolute atomic E-state index is 0.00754. The van der Waals surface area contributed by atoms with Crippen molar-refractivity contribution in [3.63, 3.8) is 0 Å². The summed E-state index contributed by atoms with van der Waals surface area (Å²) < 4.78 is 14.5. The molecule has 1 rings (SSSR count). The summed E-state index contributed by atoms with van der Waals surface area (Å²) in [5, 5.41) is 12.0. The molecule has 0 unspecified atom stereocenters. The summed E-state index contributed by atoms with van der Waals surface area (Å²) in [4.78, 5) is 34.3. The van der Waals surface area contributed by atoms with Crippen molar-refractivity contribution in [1.29, 1.82) is 0 Å². The Hall–Kier alpha value is -3.03. The normalized spacial score (nSPS) is 10.4. The maximum atomic E-state index is 11.6. The van der Waals surface area contributed by atoms with Crippen LogP contribution < -0.4 is 10.1 Å². The van der Waals surface area contributed by atoms with Gasteiger partial charge in [0.1, 0.15) is 0 Å². The molecule has 8 heteroatoms. The molecule has 1 aromatic rings. The quantitative estimate of drug-likeness (QED) is 0.366. The van der Waals surface area contributed by atoms with Crippen LogP contribution in [0.4, 0.5) is 0 Å². The average Bonchev–Trinajstić information content (AvgIpc) is 2.63. The van der Waals surface area contributed by atoms with E-state index in [-0.39, 0.29) is 23.9 Å². The fourth-order valence-electron chi connectivity index (χ4n) is 1.89. The number of phenolic OH excluding ortho intramolecular Hbond substituents is 1. The molecule has 0 aliphatic carbocycles. The Bertz CT molecular complexity index is 655. The summed E-state index contributed by atoms with van der Waals surface area (Å²) in [7, 11) is 1.42. The lowest BCUT2D eigenvalue weighted by Gasteiger charge is -2.05. The first kappa shape index (κ1) is 21.0. The van der Waals surface area contributed by atoms with Crippen molar-refractivity contribution in [2.45, 2.75) is 19.8 Å². The molecule has 1 aromatic carbocycles. The van der Waals surface area contributed by atoms with Crippen molar-refractivity contribution >= 4 is 23.9 Å². The van der Waals surface area contributed by atoms with Crippen LogP contribution in [-0.4, -0.2) is 49.8 Å². The molecule has 0 bridgehead atoms. The van der Waals surface area contributed by atoms with E-state index in [0.717, 1.165) is 0 Å². The second kappa shape index (κ2) is 11.5.